The smallest absolute Gasteiger partial charge is 0.170 e. The molecule has 0 amide bonds. The van der Waals surface area contributed by atoms with Gasteiger partial charge in [-0.25, -0.2) is 0 Å². The van der Waals surface area contributed by atoms with Crippen LogP contribution in [0.2, 0.25) is 0 Å². The largest absolute Gasteiger partial charge is 0.390 e. The van der Waals surface area contributed by atoms with Crippen molar-refractivity contribution in [2.75, 3.05) is 13.1 Å². The molecule has 2 rings (SSSR count). The maximum Gasteiger partial charge on any atom is 0.170 e. The predicted octanol–water partition coefficient (Wildman–Crippen LogP) is -1.89. The lowest BCUT2D eigenvalue weighted by Crippen LogP contribution is -2.56. The summed E-state index contributed by atoms with van der Waals surface area (Å²) in [7, 11) is 0. The van der Waals surface area contributed by atoms with Crippen LogP contribution in [0.5, 0.6) is 0 Å². The highest BCUT2D eigenvalue weighted by molar-refractivity contribution is 4.88. The Hall–Kier alpha value is -0.240. The molecule has 0 aromatic heterocycles. The molecule has 6 heteroatoms. The third kappa shape index (κ3) is 3.15. The molecule has 4 atom stereocenters. The zero-order chi connectivity index (χ0) is 12.4. The fourth-order valence-corrected chi connectivity index (χ4v) is 2.56. The molecule has 0 aromatic carbocycles. The van der Waals surface area contributed by atoms with Gasteiger partial charge in [-0.2, -0.15) is 0 Å². The van der Waals surface area contributed by atoms with Crippen LogP contribution in [0.25, 0.3) is 0 Å². The highest BCUT2D eigenvalue weighted by atomic mass is 16.6. The van der Waals surface area contributed by atoms with Gasteiger partial charge in [-0.15, -0.1) is 0 Å². The summed E-state index contributed by atoms with van der Waals surface area (Å²) in [6.07, 6.45) is 0.585. The molecular weight excluding hydrogens is 222 g/mol. The quantitative estimate of drug-likeness (QED) is 0.396. The third-order valence-electron chi connectivity index (χ3n) is 3.76. The van der Waals surface area contributed by atoms with E-state index in [9.17, 15) is 10.2 Å². The normalized spacial score (nSPS) is 46.6. The van der Waals surface area contributed by atoms with Gasteiger partial charge in [-0.3, -0.25) is 0 Å². The standard InChI is InChI=1S/C11H23N3O3/c12-4-10-9(15)3-8(11(16)17-10)14-5-6-1-7(13)2-6/h6-11,14-16H,1-5,12-13H2/t6?,7?,8-,9+,10-,11+/m1/s1. The molecule has 0 unspecified atom stereocenters. The lowest BCUT2D eigenvalue weighted by molar-refractivity contribution is -0.210. The van der Waals surface area contributed by atoms with Crippen molar-refractivity contribution in [1.82, 2.24) is 5.32 Å². The monoisotopic (exact) mass is 245 g/mol. The molecule has 0 spiro atoms. The number of nitrogens with two attached hydrogens (primary N) is 2. The molecule has 1 aliphatic carbocycles. The molecule has 0 bridgehead atoms. The van der Waals surface area contributed by atoms with Gasteiger partial charge in [-0.1, -0.05) is 0 Å². The average molecular weight is 245 g/mol. The Morgan fingerprint density at radius 2 is 1.94 bits per heavy atom. The fraction of sp³-hybridized carbons (Fsp3) is 1.00. The fourth-order valence-electron chi connectivity index (χ4n) is 2.56. The van der Waals surface area contributed by atoms with E-state index >= 15 is 0 Å². The van der Waals surface area contributed by atoms with Crippen LogP contribution in [0, 0.1) is 5.92 Å². The van der Waals surface area contributed by atoms with Gasteiger partial charge >= 0.3 is 0 Å². The van der Waals surface area contributed by atoms with Gasteiger partial charge in [0.1, 0.15) is 0 Å². The van der Waals surface area contributed by atoms with Crippen molar-refractivity contribution < 1.29 is 14.9 Å². The molecule has 7 N–H and O–H groups in total. The Kier molecular flexibility index (Phi) is 4.35. The summed E-state index contributed by atoms with van der Waals surface area (Å²) in [6.45, 7) is 1.04. The molecule has 100 valence electrons. The lowest BCUT2D eigenvalue weighted by atomic mass is 9.80. The Balaban J connectivity index is 1.73. The minimum absolute atomic E-state index is 0.218. The maximum atomic E-state index is 9.77. The highest BCUT2D eigenvalue weighted by Crippen LogP contribution is 2.25. The molecule has 1 saturated heterocycles. The van der Waals surface area contributed by atoms with Crippen molar-refractivity contribution in [3.8, 4) is 0 Å². The van der Waals surface area contributed by atoms with E-state index < -0.39 is 18.5 Å². The minimum Gasteiger partial charge on any atom is -0.390 e. The van der Waals surface area contributed by atoms with E-state index in [0.717, 1.165) is 19.4 Å². The van der Waals surface area contributed by atoms with E-state index in [4.69, 9.17) is 16.2 Å². The first-order chi connectivity index (χ1) is 8.10. The predicted molar refractivity (Wildman–Crippen MR) is 63.0 cm³/mol. The van der Waals surface area contributed by atoms with Gasteiger partial charge in [0, 0.05) is 12.6 Å². The summed E-state index contributed by atoms with van der Waals surface area (Å²) >= 11 is 0. The molecule has 1 saturated carbocycles. The Morgan fingerprint density at radius 3 is 2.53 bits per heavy atom. The molecular formula is C11H23N3O3. The zero-order valence-corrected chi connectivity index (χ0v) is 9.96. The third-order valence-corrected chi connectivity index (χ3v) is 3.76. The summed E-state index contributed by atoms with van der Waals surface area (Å²) in [5.41, 5.74) is 11.1. The van der Waals surface area contributed by atoms with Crippen LogP contribution >= 0.6 is 0 Å². The van der Waals surface area contributed by atoms with Crippen LogP contribution in [0.4, 0.5) is 0 Å². The van der Waals surface area contributed by atoms with Crippen molar-refractivity contribution in [3.63, 3.8) is 0 Å². The summed E-state index contributed by atoms with van der Waals surface area (Å²) in [5.74, 6) is 0.585. The molecule has 2 aliphatic rings. The summed E-state index contributed by atoms with van der Waals surface area (Å²) < 4.78 is 5.26. The Bertz CT molecular complexity index is 248. The van der Waals surface area contributed by atoms with Crippen molar-refractivity contribution in [2.24, 2.45) is 17.4 Å². The van der Waals surface area contributed by atoms with Crippen LogP contribution in [0.3, 0.4) is 0 Å². The number of ether oxygens (including phenoxy) is 1. The second kappa shape index (κ2) is 5.60. The number of aliphatic hydroxyl groups excluding tert-OH is 2. The van der Waals surface area contributed by atoms with Crippen LogP contribution in [0.1, 0.15) is 19.3 Å². The first-order valence-corrected chi connectivity index (χ1v) is 6.30. The van der Waals surface area contributed by atoms with Crippen LogP contribution in [-0.2, 0) is 4.74 Å². The topological polar surface area (TPSA) is 114 Å². The van der Waals surface area contributed by atoms with Crippen molar-refractivity contribution >= 4 is 0 Å². The number of hydrogen-bond donors (Lipinski definition) is 5. The summed E-state index contributed by atoms with van der Waals surface area (Å²) in [6, 6.07) is 0.117. The van der Waals surface area contributed by atoms with Gasteiger partial charge < -0.3 is 31.7 Å². The average Bonchev–Trinajstić information content (AvgIpc) is 2.26. The lowest BCUT2D eigenvalue weighted by Gasteiger charge is -2.39. The van der Waals surface area contributed by atoms with E-state index in [1.807, 2.05) is 0 Å². The van der Waals surface area contributed by atoms with E-state index in [1.54, 1.807) is 0 Å². The molecule has 2 fully saturated rings. The second-order valence-corrected chi connectivity index (χ2v) is 5.22. The van der Waals surface area contributed by atoms with E-state index in [0.29, 0.717) is 18.4 Å². The Morgan fingerprint density at radius 1 is 1.24 bits per heavy atom. The maximum absolute atomic E-state index is 9.77. The van der Waals surface area contributed by atoms with Gasteiger partial charge in [0.15, 0.2) is 6.29 Å². The van der Waals surface area contributed by atoms with Crippen LogP contribution < -0.4 is 16.8 Å². The van der Waals surface area contributed by atoms with Gasteiger partial charge in [0.25, 0.3) is 0 Å². The van der Waals surface area contributed by atoms with Crippen molar-refractivity contribution in [2.45, 2.75) is 49.8 Å². The highest BCUT2D eigenvalue weighted by Gasteiger charge is 2.36. The van der Waals surface area contributed by atoms with E-state index in [1.165, 1.54) is 0 Å². The van der Waals surface area contributed by atoms with Crippen LogP contribution in [-0.4, -0.2) is 53.9 Å². The Labute approximate surface area is 101 Å². The number of nitrogens with one attached hydrogen (secondary N) is 1. The molecule has 1 heterocycles. The molecule has 1 aliphatic heterocycles. The molecule has 0 aromatic rings. The SMILES string of the molecule is NC[C@H]1O[C@H](O)[C@H](NCC2CC(N)C2)C[C@@H]1O. The first kappa shape index (κ1) is 13.2. The van der Waals surface area contributed by atoms with Crippen molar-refractivity contribution in [3.05, 3.63) is 0 Å². The molecule has 17 heavy (non-hydrogen) atoms. The van der Waals surface area contributed by atoms with Gasteiger partial charge in [0.2, 0.25) is 0 Å². The number of hydrogen-bond acceptors (Lipinski definition) is 6. The van der Waals surface area contributed by atoms with E-state index in [2.05, 4.69) is 5.32 Å². The summed E-state index contributed by atoms with van der Waals surface area (Å²) in [5, 5.41) is 22.8. The summed E-state index contributed by atoms with van der Waals surface area (Å²) in [4.78, 5) is 0. The van der Waals surface area contributed by atoms with Crippen molar-refractivity contribution in [1.29, 1.82) is 0 Å². The van der Waals surface area contributed by atoms with Gasteiger partial charge in [-0.05, 0) is 31.7 Å². The minimum atomic E-state index is -0.888. The van der Waals surface area contributed by atoms with Crippen LogP contribution in [0.15, 0.2) is 0 Å². The first-order valence-electron chi connectivity index (χ1n) is 6.30. The molecule has 0 radical (unpaired) electrons. The van der Waals surface area contributed by atoms with E-state index in [-0.39, 0.29) is 12.6 Å². The molecule has 6 nitrogen and oxygen atoms in total. The second-order valence-electron chi connectivity index (χ2n) is 5.22. The van der Waals surface area contributed by atoms with Gasteiger partial charge in [0.05, 0.1) is 18.2 Å². The number of rotatable bonds is 4. The number of aliphatic hydroxyl groups is 2. The zero-order valence-electron chi connectivity index (χ0n) is 9.96.